The van der Waals surface area contributed by atoms with Gasteiger partial charge in [0, 0.05) is 34.9 Å². The third kappa shape index (κ3) is 4.57. The quantitative estimate of drug-likeness (QED) is 0.809. The zero-order valence-electron chi connectivity index (χ0n) is 9.77. The van der Waals surface area contributed by atoms with Crippen molar-refractivity contribution in [3.63, 3.8) is 0 Å². The molecule has 0 fully saturated rings. The van der Waals surface area contributed by atoms with Crippen LogP contribution in [-0.2, 0) is 10.8 Å². The topological polar surface area (TPSA) is 64.1 Å². The van der Waals surface area contributed by atoms with E-state index < -0.39 is 10.8 Å². The Morgan fingerprint density at radius 2 is 2.31 bits per heavy atom. The van der Waals surface area contributed by atoms with Gasteiger partial charge in [0.25, 0.3) is 0 Å². The summed E-state index contributed by atoms with van der Waals surface area (Å²) in [5.41, 5.74) is 0. The van der Waals surface area contributed by atoms with Crippen molar-refractivity contribution in [2.45, 2.75) is 19.9 Å². The van der Waals surface area contributed by atoms with Crippen LogP contribution in [-0.4, -0.2) is 38.8 Å². The van der Waals surface area contributed by atoms with Crippen LogP contribution in [0.2, 0.25) is 0 Å². The highest BCUT2D eigenvalue weighted by atomic mass is 32.2. The molecule has 5 nitrogen and oxygen atoms in total. The van der Waals surface area contributed by atoms with Gasteiger partial charge in [-0.15, -0.1) is 0 Å². The van der Waals surface area contributed by atoms with E-state index in [0.717, 1.165) is 0 Å². The zero-order chi connectivity index (χ0) is 12.0. The van der Waals surface area contributed by atoms with Crippen LogP contribution in [0.3, 0.4) is 0 Å². The monoisotopic (exact) mass is 243 g/mol. The van der Waals surface area contributed by atoms with Gasteiger partial charge in [-0.05, 0) is 13.8 Å². The summed E-state index contributed by atoms with van der Waals surface area (Å²) in [6.07, 6.45) is 3.13. The summed E-state index contributed by atoms with van der Waals surface area (Å²) in [4.78, 5) is 8.03. The smallest absolute Gasteiger partial charge is 0.218 e. The van der Waals surface area contributed by atoms with E-state index in [4.69, 9.17) is 4.74 Å². The Hall–Kier alpha value is -1.17. The molecule has 1 N–H and O–H groups in total. The average Bonchev–Trinajstić information content (AvgIpc) is 2.17. The number of aromatic nitrogens is 2. The van der Waals surface area contributed by atoms with E-state index in [1.54, 1.807) is 12.3 Å². The Morgan fingerprint density at radius 1 is 1.56 bits per heavy atom. The Bertz CT molecular complexity index is 360. The highest BCUT2D eigenvalue weighted by Gasteiger charge is 2.06. The molecule has 1 rings (SSSR count). The molecule has 0 aromatic carbocycles. The minimum Gasteiger partial charge on any atom is -0.478 e. The largest absolute Gasteiger partial charge is 0.478 e. The number of hydrogen-bond donors (Lipinski definition) is 1. The fourth-order valence-electron chi connectivity index (χ4n) is 1.29. The molecular formula is C10H17N3O2S. The fourth-order valence-corrected chi connectivity index (χ4v) is 2.08. The first-order chi connectivity index (χ1) is 7.61. The van der Waals surface area contributed by atoms with E-state index in [9.17, 15) is 4.21 Å². The van der Waals surface area contributed by atoms with Crippen LogP contribution in [0.25, 0.3) is 0 Å². The third-order valence-corrected chi connectivity index (χ3v) is 2.78. The fraction of sp³-hybridized carbons (Fsp3) is 0.600. The minimum absolute atomic E-state index is 0.107. The molecule has 6 heteroatoms. The third-order valence-electron chi connectivity index (χ3n) is 1.81. The molecule has 90 valence electrons. The van der Waals surface area contributed by atoms with E-state index in [1.807, 2.05) is 13.8 Å². The van der Waals surface area contributed by atoms with Gasteiger partial charge in [-0.25, -0.2) is 9.97 Å². The molecule has 0 radical (unpaired) electrons. The normalized spacial score (nSPS) is 14.2. The standard InChI is InChI=1S/C10H17N3O2S/c1-4-15-10-5-9(11-7-12-10)13-8(2)6-16(3)14/h5,7-8H,4,6H2,1-3H3,(H,11,12,13). The lowest BCUT2D eigenvalue weighted by Crippen LogP contribution is -2.22. The van der Waals surface area contributed by atoms with Crippen molar-refractivity contribution in [1.82, 2.24) is 9.97 Å². The van der Waals surface area contributed by atoms with Gasteiger partial charge in [0.2, 0.25) is 5.88 Å². The van der Waals surface area contributed by atoms with Gasteiger partial charge in [-0.1, -0.05) is 0 Å². The zero-order valence-corrected chi connectivity index (χ0v) is 10.6. The molecule has 0 saturated heterocycles. The van der Waals surface area contributed by atoms with Crippen LogP contribution < -0.4 is 10.1 Å². The van der Waals surface area contributed by atoms with E-state index in [0.29, 0.717) is 24.1 Å². The lowest BCUT2D eigenvalue weighted by molar-refractivity contribution is 0.326. The van der Waals surface area contributed by atoms with Crippen molar-refractivity contribution in [3.8, 4) is 5.88 Å². The molecule has 2 atom stereocenters. The molecule has 0 aliphatic rings. The summed E-state index contributed by atoms with van der Waals surface area (Å²) >= 11 is 0. The van der Waals surface area contributed by atoms with Gasteiger partial charge in [0.1, 0.15) is 12.1 Å². The number of ether oxygens (including phenoxy) is 1. The van der Waals surface area contributed by atoms with Crippen molar-refractivity contribution in [2.24, 2.45) is 0 Å². The van der Waals surface area contributed by atoms with Crippen LogP contribution >= 0.6 is 0 Å². The Kier molecular flexibility index (Phi) is 5.18. The molecule has 1 aromatic rings. The van der Waals surface area contributed by atoms with Gasteiger partial charge >= 0.3 is 0 Å². The summed E-state index contributed by atoms with van der Waals surface area (Å²) in [6.45, 7) is 4.44. The van der Waals surface area contributed by atoms with Crippen LogP contribution in [0.15, 0.2) is 12.4 Å². The average molecular weight is 243 g/mol. The van der Waals surface area contributed by atoms with Crippen LogP contribution in [0.4, 0.5) is 5.82 Å². The predicted octanol–water partition coefficient (Wildman–Crippen LogP) is 1.05. The van der Waals surface area contributed by atoms with Crippen LogP contribution in [0, 0.1) is 0 Å². The van der Waals surface area contributed by atoms with Crippen molar-refractivity contribution < 1.29 is 8.95 Å². The maximum absolute atomic E-state index is 11.0. The van der Waals surface area contributed by atoms with Gasteiger partial charge in [-0.2, -0.15) is 0 Å². The van der Waals surface area contributed by atoms with E-state index in [-0.39, 0.29) is 6.04 Å². The Labute approximate surface area is 98.1 Å². The summed E-state index contributed by atoms with van der Waals surface area (Å²) in [5.74, 6) is 1.83. The summed E-state index contributed by atoms with van der Waals surface area (Å²) in [5, 5.41) is 3.15. The number of rotatable bonds is 6. The highest BCUT2D eigenvalue weighted by molar-refractivity contribution is 7.84. The number of hydrogen-bond acceptors (Lipinski definition) is 5. The molecule has 0 spiro atoms. The summed E-state index contributed by atoms with van der Waals surface area (Å²) < 4.78 is 16.3. The highest BCUT2D eigenvalue weighted by Crippen LogP contribution is 2.11. The molecule has 2 unspecified atom stereocenters. The number of anilines is 1. The molecule has 16 heavy (non-hydrogen) atoms. The molecule has 1 aromatic heterocycles. The van der Waals surface area contributed by atoms with Gasteiger partial charge in [-0.3, -0.25) is 4.21 Å². The van der Waals surface area contributed by atoms with Gasteiger partial charge in [0.05, 0.1) is 6.61 Å². The van der Waals surface area contributed by atoms with E-state index in [1.165, 1.54) is 6.33 Å². The maximum Gasteiger partial charge on any atom is 0.218 e. The van der Waals surface area contributed by atoms with Gasteiger partial charge in [0.15, 0.2) is 0 Å². The minimum atomic E-state index is -0.815. The second kappa shape index (κ2) is 6.42. The van der Waals surface area contributed by atoms with E-state index in [2.05, 4.69) is 15.3 Å². The maximum atomic E-state index is 11.0. The van der Waals surface area contributed by atoms with Crippen molar-refractivity contribution in [1.29, 1.82) is 0 Å². The number of nitrogens with one attached hydrogen (secondary N) is 1. The first kappa shape index (κ1) is 12.9. The predicted molar refractivity (Wildman–Crippen MR) is 65.2 cm³/mol. The van der Waals surface area contributed by atoms with Crippen LogP contribution in [0.5, 0.6) is 5.88 Å². The summed E-state index contributed by atoms with van der Waals surface area (Å²) in [7, 11) is -0.815. The van der Waals surface area contributed by atoms with Crippen LogP contribution in [0.1, 0.15) is 13.8 Å². The van der Waals surface area contributed by atoms with Crippen molar-refractivity contribution >= 4 is 16.6 Å². The summed E-state index contributed by atoms with van der Waals surface area (Å²) in [6, 6.07) is 1.84. The van der Waals surface area contributed by atoms with Crippen molar-refractivity contribution in [3.05, 3.63) is 12.4 Å². The second-order valence-electron chi connectivity index (χ2n) is 3.46. The van der Waals surface area contributed by atoms with E-state index >= 15 is 0 Å². The Balaban J connectivity index is 2.59. The first-order valence-electron chi connectivity index (χ1n) is 5.13. The lowest BCUT2D eigenvalue weighted by atomic mass is 10.4. The molecule has 0 aliphatic heterocycles. The molecular weight excluding hydrogens is 226 g/mol. The first-order valence-corrected chi connectivity index (χ1v) is 6.86. The molecule has 0 saturated carbocycles. The SMILES string of the molecule is CCOc1cc(NC(C)CS(C)=O)ncn1. The second-order valence-corrected chi connectivity index (χ2v) is 4.94. The lowest BCUT2D eigenvalue weighted by Gasteiger charge is -2.13. The molecule has 0 amide bonds. The number of nitrogens with zero attached hydrogens (tertiary/aromatic N) is 2. The Morgan fingerprint density at radius 3 is 2.94 bits per heavy atom. The molecule has 1 heterocycles. The molecule has 0 bridgehead atoms. The molecule has 0 aliphatic carbocycles. The van der Waals surface area contributed by atoms with Crippen molar-refractivity contribution in [2.75, 3.05) is 23.9 Å². The van der Waals surface area contributed by atoms with Gasteiger partial charge < -0.3 is 10.1 Å².